The Morgan fingerprint density at radius 2 is 1.77 bits per heavy atom. The van der Waals surface area contributed by atoms with Crippen LogP contribution in [-0.2, 0) is 0 Å². The molecule has 0 aliphatic carbocycles. The molecule has 1 heterocycles. The van der Waals surface area contributed by atoms with E-state index in [2.05, 4.69) is 23.5 Å². The van der Waals surface area contributed by atoms with Gasteiger partial charge in [-0.15, -0.1) is 0 Å². The molecule has 0 saturated heterocycles. The fraction of sp³-hybridized carbons (Fsp3) is 0.0909. The quantitative estimate of drug-likeness (QED) is 0.525. The third-order valence-electron chi connectivity index (χ3n) is 1.88. The van der Waals surface area contributed by atoms with Gasteiger partial charge in [-0.3, -0.25) is 0 Å². The van der Waals surface area contributed by atoms with E-state index in [-0.39, 0.29) is 24.9 Å². The van der Waals surface area contributed by atoms with Gasteiger partial charge in [-0.25, -0.2) is 0 Å². The van der Waals surface area contributed by atoms with Gasteiger partial charge in [0, 0.05) is 0 Å². The number of benzene rings is 1. The summed E-state index contributed by atoms with van der Waals surface area (Å²) in [4.78, 5) is 0. The van der Waals surface area contributed by atoms with Gasteiger partial charge in [0.15, 0.2) is 0 Å². The van der Waals surface area contributed by atoms with E-state index in [0.29, 0.717) is 0 Å². The summed E-state index contributed by atoms with van der Waals surface area (Å²) in [6, 6.07) is 10.5. The molecule has 0 aromatic heterocycles. The van der Waals surface area contributed by atoms with Crippen molar-refractivity contribution >= 4 is 0 Å². The Bertz CT molecular complexity index is 303. The molecule has 0 spiro atoms. The Hall–Kier alpha value is -0.903. The van der Waals surface area contributed by atoms with Crippen LogP contribution in [0.2, 0.25) is 0 Å². The number of hydrogen-bond acceptors (Lipinski definition) is 0. The second-order valence-corrected chi connectivity index (χ2v) is 2.73. The summed E-state index contributed by atoms with van der Waals surface area (Å²) < 4.78 is 0. The van der Waals surface area contributed by atoms with E-state index < -0.39 is 0 Å². The minimum atomic E-state index is 0. The molecule has 1 aliphatic rings. The smallest absolute Gasteiger partial charge is 0.681 e. The molecule has 1 unspecified atom stereocenters. The molecule has 1 nitrogen and oxygen atoms in total. The third kappa shape index (κ3) is 2.52. The summed E-state index contributed by atoms with van der Waals surface area (Å²) in [6.07, 6.45) is 7.91. The Labute approximate surface area is 90.7 Å². The minimum Gasteiger partial charge on any atom is -0.681 e. The van der Waals surface area contributed by atoms with Crippen molar-refractivity contribution in [2.45, 2.75) is 6.04 Å². The van der Waals surface area contributed by atoms with Crippen molar-refractivity contribution in [2.24, 2.45) is 0 Å². The summed E-state index contributed by atoms with van der Waals surface area (Å²) in [5.74, 6) is 0. The van der Waals surface area contributed by atoms with Crippen LogP contribution in [0.1, 0.15) is 11.6 Å². The fourth-order valence-electron chi connectivity index (χ4n) is 1.26. The number of allylic oxidation sites excluding steroid dienone is 2. The average Bonchev–Trinajstić information content (AvgIpc) is 2.21. The minimum absolute atomic E-state index is 0. The molecule has 13 heavy (non-hydrogen) atoms. The van der Waals surface area contributed by atoms with Crippen LogP contribution in [-0.4, -0.2) is 0 Å². The zero-order valence-corrected chi connectivity index (χ0v) is 7.72. The molecule has 60 valence electrons. The van der Waals surface area contributed by atoms with Crippen LogP contribution in [0.3, 0.4) is 0 Å². The molecule has 0 radical (unpaired) electrons. The van der Waals surface area contributed by atoms with Crippen molar-refractivity contribution in [3.63, 3.8) is 0 Å². The Kier molecular flexibility index (Phi) is 3.89. The van der Waals surface area contributed by atoms with Crippen LogP contribution in [0.5, 0.6) is 0 Å². The van der Waals surface area contributed by atoms with Crippen molar-refractivity contribution in [1.29, 1.82) is 0 Å². The van der Waals surface area contributed by atoms with Crippen LogP contribution in [0.4, 0.5) is 0 Å². The van der Waals surface area contributed by atoms with Crippen LogP contribution in [0, 0.1) is 0 Å². The molecule has 1 aliphatic heterocycles. The van der Waals surface area contributed by atoms with Crippen LogP contribution in [0.15, 0.2) is 54.8 Å². The maximum atomic E-state index is 4.33. The van der Waals surface area contributed by atoms with Gasteiger partial charge in [0.25, 0.3) is 0 Å². The first-order valence-electron chi connectivity index (χ1n) is 4.05. The molecule has 2 heteroatoms. The van der Waals surface area contributed by atoms with Crippen LogP contribution < -0.4 is 18.9 Å². The van der Waals surface area contributed by atoms with Gasteiger partial charge in [-0.05, 0) is 0 Å². The molecule has 1 atom stereocenters. The third-order valence-corrected chi connectivity index (χ3v) is 1.88. The monoisotopic (exact) mass is 163 g/mol. The molecule has 0 N–H and O–H groups in total. The van der Waals surface area contributed by atoms with Gasteiger partial charge >= 0.3 is 18.9 Å². The summed E-state index contributed by atoms with van der Waals surface area (Å²) in [7, 11) is 0. The molecule has 0 bridgehead atoms. The zero-order valence-electron chi connectivity index (χ0n) is 7.72. The van der Waals surface area contributed by atoms with Crippen molar-refractivity contribution in [3.8, 4) is 0 Å². The van der Waals surface area contributed by atoms with E-state index in [1.807, 2.05) is 36.6 Å². The van der Waals surface area contributed by atoms with Crippen molar-refractivity contribution in [2.75, 3.05) is 0 Å². The maximum Gasteiger partial charge on any atom is 1.00 e. The first-order valence-corrected chi connectivity index (χ1v) is 4.05. The van der Waals surface area contributed by atoms with Crippen molar-refractivity contribution in [1.82, 2.24) is 0 Å². The Morgan fingerprint density at radius 1 is 1.00 bits per heavy atom. The van der Waals surface area contributed by atoms with E-state index in [1.165, 1.54) is 5.56 Å². The summed E-state index contributed by atoms with van der Waals surface area (Å²) in [5, 5.41) is 4.33. The van der Waals surface area contributed by atoms with E-state index in [4.69, 9.17) is 0 Å². The number of nitrogens with zero attached hydrogens (tertiary/aromatic N) is 1. The van der Waals surface area contributed by atoms with E-state index in [9.17, 15) is 0 Å². The number of rotatable bonds is 1. The first kappa shape index (κ1) is 10.2. The van der Waals surface area contributed by atoms with Gasteiger partial charge in [0.1, 0.15) is 0 Å². The topological polar surface area (TPSA) is 14.1 Å². The SMILES string of the molecule is C1=C[N-]C(c2ccccc2)C=C1.[Li+]. The number of hydrogen-bond donors (Lipinski definition) is 0. The second kappa shape index (κ2) is 4.96. The van der Waals surface area contributed by atoms with E-state index in [1.54, 1.807) is 0 Å². The van der Waals surface area contributed by atoms with Crippen LogP contribution in [0.25, 0.3) is 5.32 Å². The first-order chi connectivity index (χ1) is 5.97. The Morgan fingerprint density at radius 3 is 2.38 bits per heavy atom. The summed E-state index contributed by atoms with van der Waals surface area (Å²) >= 11 is 0. The average molecular weight is 163 g/mol. The molecular weight excluding hydrogens is 153 g/mol. The predicted octanol–water partition coefficient (Wildman–Crippen LogP) is 0.189. The van der Waals surface area contributed by atoms with Crippen molar-refractivity contribution in [3.05, 3.63) is 65.6 Å². The van der Waals surface area contributed by atoms with Crippen molar-refractivity contribution < 1.29 is 18.9 Å². The zero-order chi connectivity index (χ0) is 8.23. The Balaban J connectivity index is 0.000000845. The van der Waals surface area contributed by atoms with E-state index in [0.717, 1.165) is 0 Å². The fourth-order valence-corrected chi connectivity index (χ4v) is 1.26. The summed E-state index contributed by atoms with van der Waals surface area (Å²) in [6.45, 7) is 0. The van der Waals surface area contributed by atoms with E-state index >= 15 is 0 Å². The second-order valence-electron chi connectivity index (χ2n) is 2.73. The largest absolute Gasteiger partial charge is 1.00 e. The molecule has 1 aromatic rings. The standard InChI is InChI=1S/C11H10N.Li/c1-2-6-10(7-3-1)11-8-4-5-9-12-11;/h1-9,11H;/q-1;+1. The van der Waals surface area contributed by atoms with Gasteiger partial charge in [-0.2, -0.15) is 6.20 Å². The summed E-state index contributed by atoms with van der Waals surface area (Å²) in [5.41, 5.74) is 1.25. The van der Waals surface area contributed by atoms with Gasteiger partial charge in [-0.1, -0.05) is 60.2 Å². The predicted molar refractivity (Wildman–Crippen MR) is 50.8 cm³/mol. The van der Waals surface area contributed by atoms with Crippen LogP contribution >= 0.6 is 0 Å². The molecule has 2 rings (SSSR count). The molecule has 0 saturated carbocycles. The molecule has 1 aromatic carbocycles. The molecule has 0 fully saturated rings. The normalized spacial score (nSPS) is 18.9. The maximum absolute atomic E-state index is 4.33. The van der Waals surface area contributed by atoms with Gasteiger partial charge < -0.3 is 5.32 Å². The van der Waals surface area contributed by atoms with Gasteiger partial charge in [0.05, 0.1) is 0 Å². The molecular formula is C11H10LiN. The molecule has 0 amide bonds. The van der Waals surface area contributed by atoms with Gasteiger partial charge in [0.2, 0.25) is 0 Å².